The minimum atomic E-state index is -1.10. The molecule has 0 spiro atoms. The molecule has 0 unspecified atom stereocenters. The Hall–Kier alpha value is -2.91. The van der Waals surface area contributed by atoms with Crippen molar-refractivity contribution in [3.05, 3.63) is 23.3 Å². The van der Waals surface area contributed by atoms with Gasteiger partial charge in [0.1, 0.15) is 11.4 Å². The molecule has 2 aromatic heterocycles. The quantitative estimate of drug-likeness (QED) is 0.857. The number of carbonyl (C=O) groups excluding carboxylic acids is 1. The first-order chi connectivity index (χ1) is 11.9. The van der Waals surface area contributed by atoms with Crippen LogP contribution in [0.5, 0.6) is 0 Å². The number of carboxylic acid groups (broad SMARTS) is 1. The molecule has 0 radical (unpaired) electrons. The van der Waals surface area contributed by atoms with Crippen LogP contribution in [0.15, 0.2) is 10.7 Å². The van der Waals surface area contributed by atoms with Crippen LogP contribution in [0.1, 0.15) is 34.8 Å². The molecule has 3 rings (SSSR count). The summed E-state index contributed by atoms with van der Waals surface area (Å²) in [5.74, 6) is -0.342. The number of amides is 2. The molecule has 25 heavy (non-hydrogen) atoms. The highest BCUT2D eigenvalue weighted by molar-refractivity contribution is 5.90. The van der Waals surface area contributed by atoms with E-state index in [2.05, 4.69) is 20.8 Å². The van der Waals surface area contributed by atoms with Crippen molar-refractivity contribution in [2.75, 3.05) is 18.4 Å². The Kier molecular flexibility index (Phi) is 4.68. The highest BCUT2D eigenvalue weighted by Gasteiger charge is 2.26. The lowest BCUT2D eigenvalue weighted by Gasteiger charge is -2.32. The molecule has 10 heteroatoms. The van der Waals surface area contributed by atoms with E-state index in [0.29, 0.717) is 36.8 Å². The number of urea groups is 1. The molecule has 2 N–H and O–H groups in total. The van der Waals surface area contributed by atoms with E-state index in [4.69, 9.17) is 9.63 Å². The fourth-order valence-electron chi connectivity index (χ4n) is 3.00. The number of hydrogen-bond acceptors (Lipinski definition) is 6. The average Bonchev–Trinajstić information content (AvgIpc) is 3.17. The first-order valence-corrected chi connectivity index (χ1v) is 8.06. The third-order valence-corrected chi connectivity index (χ3v) is 4.27. The van der Waals surface area contributed by atoms with Gasteiger partial charge in [-0.05, 0) is 32.6 Å². The third-order valence-electron chi connectivity index (χ3n) is 4.27. The van der Waals surface area contributed by atoms with Gasteiger partial charge in [-0.25, -0.2) is 9.59 Å². The summed E-state index contributed by atoms with van der Waals surface area (Å²) in [6.45, 7) is 5.28. The maximum Gasteiger partial charge on any atom is 0.358 e. The second-order valence-corrected chi connectivity index (χ2v) is 6.21. The number of aromatic nitrogens is 4. The van der Waals surface area contributed by atoms with Crippen LogP contribution in [-0.2, 0) is 6.54 Å². The molecule has 0 aromatic carbocycles. The summed E-state index contributed by atoms with van der Waals surface area (Å²) < 4.78 is 6.57. The number of rotatable bonds is 4. The van der Waals surface area contributed by atoms with Gasteiger partial charge < -0.3 is 19.8 Å². The summed E-state index contributed by atoms with van der Waals surface area (Å²) in [6.07, 6.45) is 3.22. The maximum absolute atomic E-state index is 12.5. The van der Waals surface area contributed by atoms with Crippen LogP contribution >= 0.6 is 0 Å². The first-order valence-electron chi connectivity index (χ1n) is 8.06. The van der Waals surface area contributed by atoms with E-state index in [1.807, 2.05) is 0 Å². The Morgan fingerprint density at radius 1 is 1.44 bits per heavy atom. The fourth-order valence-corrected chi connectivity index (χ4v) is 3.00. The monoisotopic (exact) mass is 348 g/mol. The molecular weight excluding hydrogens is 328 g/mol. The van der Waals surface area contributed by atoms with Gasteiger partial charge in [0, 0.05) is 19.6 Å². The highest BCUT2D eigenvalue weighted by atomic mass is 16.5. The van der Waals surface area contributed by atoms with Crippen molar-refractivity contribution in [2.45, 2.75) is 33.2 Å². The second-order valence-electron chi connectivity index (χ2n) is 6.21. The maximum atomic E-state index is 12.5. The van der Waals surface area contributed by atoms with Crippen molar-refractivity contribution in [1.82, 2.24) is 25.1 Å². The summed E-state index contributed by atoms with van der Waals surface area (Å²) in [6, 6.07) is -0.191. The molecule has 1 fully saturated rings. The number of hydrogen-bond donors (Lipinski definition) is 2. The Morgan fingerprint density at radius 3 is 2.88 bits per heavy atom. The zero-order valence-electron chi connectivity index (χ0n) is 14.1. The van der Waals surface area contributed by atoms with Crippen LogP contribution in [0, 0.1) is 19.8 Å². The highest BCUT2D eigenvalue weighted by Crippen LogP contribution is 2.22. The van der Waals surface area contributed by atoms with Crippen LogP contribution in [-0.4, -0.2) is 55.2 Å². The van der Waals surface area contributed by atoms with Crippen molar-refractivity contribution >= 4 is 17.7 Å². The molecule has 1 aliphatic rings. The van der Waals surface area contributed by atoms with Crippen molar-refractivity contribution in [2.24, 2.45) is 5.92 Å². The first kappa shape index (κ1) is 16.9. The minimum Gasteiger partial charge on any atom is -0.476 e. The van der Waals surface area contributed by atoms with Crippen LogP contribution in [0.3, 0.4) is 0 Å². The number of likely N-dealkylation sites (tertiary alicyclic amines) is 1. The van der Waals surface area contributed by atoms with Gasteiger partial charge in [-0.2, -0.15) is 0 Å². The lowest BCUT2D eigenvalue weighted by molar-refractivity contribution is 0.0690. The molecule has 2 amide bonds. The fraction of sp³-hybridized carbons (Fsp3) is 0.533. The van der Waals surface area contributed by atoms with Gasteiger partial charge in [-0.1, -0.05) is 10.4 Å². The standard InChI is InChI=1S/C15H20N6O4/c1-9-13(10(2)25-18-9)16-15(24)20-5-3-4-11(6-20)7-21-8-12(14(22)23)17-19-21/h8,11H,3-7H2,1-2H3,(H,16,24)(H,22,23)/t11-/m1/s1. The summed E-state index contributed by atoms with van der Waals surface area (Å²) in [5, 5.41) is 23.0. The number of piperidine rings is 1. The lowest BCUT2D eigenvalue weighted by atomic mass is 9.98. The molecule has 1 atom stereocenters. The van der Waals surface area contributed by atoms with Crippen LogP contribution < -0.4 is 5.32 Å². The molecule has 0 saturated carbocycles. The molecule has 1 saturated heterocycles. The lowest BCUT2D eigenvalue weighted by Crippen LogP contribution is -2.43. The van der Waals surface area contributed by atoms with Gasteiger partial charge >= 0.3 is 12.0 Å². The molecule has 3 heterocycles. The number of anilines is 1. The van der Waals surface area contributed by atoms with Gasteiger partial charge in [0.2, 0.25) is 0 Å². The van der Waals surface area contributed by atoms with E-state index in [1.165, 1.54) is 10.9 Å². The van der Waals surface area contributed by atoms with Gasteiger partial charge in [0.15, 0.2) is 11.5 Å². The molecule has 0 aliphatic carbocycles. The SMILES string of the molecule is Cc1noc(C)c1NC(=O)N1CCC[C@@H](Cn2cc(C(=O)O)nn2)C1. The van der Waals surface area contributed by atoms with E-state index in [9.17, 15) is 9.59 Å². The number of aryl methyl sites for hydroxylation is 2. The topological polar surface area (TPSA) is 126 Å². The normalized spacial score (nSPS) is 17.5. The van der Waals surface area contributed by atoms with E-state index in [0.717, 1.165) is 12.8 Å². The van der Waals surface area contributed by atoms with E-state index in [1.54, 1.807) is 18.7 Å². The summed E-state index contributed by atoms with van der Waals surface area (Å²) in [4.78, 5) is 25.1. The number of nitrogens with zero attached hydrogens (tertiary/aromatic N) is 5. The molecule has 10 nitrogen and oxygen atoms in total. The number of carbonyl (C=O) groups is 2. The van der Waals surface area contributed by atoms with Crippen molar-refractivity contribution in [3.63, 3.8) is 0 Å². The second kappa shape index (κ2) is 6.91. The summed E-state index contributed by atoms with van der Waals surface area (Å²) in [7, 11) is 0. The van der Waals surface area contributed by atoms with Crippen molar-refractivity contribution < 1.29 is 19.2 Å². The molecule has 2 aromatic rings. The zero-order valence-corrected chi connectivity index (χ0v) is 14.1. The minimum absolute atomic E-state index is 0.0798. The Labute approximate surface area is 143 Å². The van der Waals surface area contributed by atoms with Gasteiger partial charge in [-0.3, -0.25) is 4.68 Å². The van der Waals surface area contributed by atoms with Crippen molar-refractivity contribution in [3.8, 4) is 0 Å². The molecule has 1 aliphatic heterocycles. The van der Waals surface area contributed by atoms with Crippen molar-refractivity contribution in [1.29, 1.82) is 0 Å². The van der Waals surface area contributed by atoms with Crippen LogP contribution in [0.25, 0.3) is 0 Å². The molecular formula is C15H20N6O4. The Bertz CT molecular complexity index is 763. The summed E-state index contributed by atoms with van der Waals surface area (Å²) in [5.41, 5.74) is 1.17. The predicted molar refractivity (Wildman–Crippen MR) is 86.3 cm³/mol. The van der Waals surface area contributed by atoms with Crippen LogP contribution in [0.2, 0.25) is 0 Å². The largest absolute Gasteiger partial charge is 0.476 e. The number of aromatic carboxylic acids is 1. The van der Waals surface area contributed by atoms with Gasteiger partial charge in [-0.15, -0.1) is 5.10 Å². The molecule has 0 bridgehead atoms. The molecule has 134 valence electrons. The number of nitrogens with one attached hydrogen (secondary N) is 1. The van der Waals surface area contributed by atoms with E-state index < -0.39 is 5.97 Å². The summed E-state index contributed by atoms with van der Waals surface area (Å²) >= 11 is 0. The third kappa shape index (κ3) is 3.78. The van der Waals surface area contributed by atoms with E-state index in [-0.39, 0.29) is 17.6 Å². The smallest absolute Gasteiger partial charge is 0.358 e. The predicted octanol–water partition coefficient (Wildman–Crippen LogP) is 1.53. The Balaban J connectivity index is 1.60. The number of carboxylic acids is 1. The van der Waals surface area contributed by atoms with Gasteiger partial charge in [0.25, 0.3) is 0 Å². The van der Waals surface area contributed by atoms with E-state index >= 15 is 0 Å². The Morgan fingerprint density at radius 2 is 2.24 bits per heavy atom. The van der Waals surface area contributed by atoms with Crippen LogP contribution in [0.4, 0.5) is 10.5 Å². The zero-order chi connectivity index (χ0) is 18.0. The van der Waals surface area contributed by atoms with Gasteiger partial charge in [0.05, 0.1) is 6.20 Å². The average molecular weight is 348 g/mol.